The van der Waals surface area contributed by atoms with E-state index in [4.69, 9.17) is 0 Å². The molecule has 0 aliphatic heterocycles. The molecule has 0 spiro atoms. The summed E-state index contributed by atoms with van der Waals surface area (Å²) in [7, 11) is 0. The minimum atomic E-state index is -0.982. The summed E-state index contributed by atoms with van der Waals surface area (Å²) < 4.78 is 0. The third kappa shape index (κ3) is 1.71. The molecule has 0 aliphatic carbocycles. The third-order valence-electron chi connectivity index (χ3n) is 2.00. The van der Waals surface area contributed by atoms with E-state index >= 15 is 0 Å². The second-order valence-corrected chi connectivity index (χ2v) is 2.92. The summed E-state index contributed by atoms with van der Waals surface area (Å²) >= 11 is 0. The van der Waals surface area contributed by atoms with Crippen molar-refractivity contribution < 1.29 is 9.90 Å². The molecule has 1 aromatic rings. The summed E-state index contributed by atoms with van der Waals surface area (Å²) in [6, 6.07) is 5.49. The molecule has 2 nitrogen and oxygen atoms in total. The van der Waals surface area contributed by atoms with Gasteiger partial charge in [-0.3, -0.25) is 0 Å². The van der Waals surface area contributed by atoms with Crippen molar-refractivity contribution in [1.29, 1.82) is 0 Å². The molecule has 64 valence electrons. The lowest BCUT2D eigenvalue weighted by Crippen LogP contribution is -1.98. The Bertz CT molecular complexity index is 292. The van der Waals surface area contributed by atoms with Crippen LogP contribution in [0, 0.1) is 13.8 Å². The molecule has 1 rings (SSSR count). The van der Waals surface area contributed by atoms with Gasteiger partial charge >= 0.3 is 0 Å². The Labute approximate surface area is 71.8 Å². The zero-order valence-electron chi connectivity index (χ0n) is 7.24. The predicted octanol–water partition coefficient (Wildman–Crippen LogP) is 1.54. The first-order valence-corrected chi connectivity index (χ1v) is 3.85. The van der Waals surface area contributed by atoms with E-state index in [-0.39, 0.29) is 0 Å². The van der Waals surface area contributed by atoms with Crippen LogP contribution in [0.3, 0.4) is 0 Å². The van der Waals surface area contributed by atoms with Crippen LogP contribution in [-0.4, -0.2) is 11.4 Å². The molecule has 0 radical (unpaired) electrons. The average Bonchev–Trinajstić information content (AvgIpc) is 2.08. The van der Waals surface area contributed by atoms with E-state index in [0.717, 1.165) is 11.1 Å². The van der Waals surface area contributed by atoms with Gasteiger partial charge in [0.25, 0.3) is 0 Å². The summed E-state index contributed by atoms with van der Waals surface area (Å²) in [5.41, 5.74) is 2.92. The number of aryl methyl sites for hydroxylation is 2. The van der Waals surface area contributed by atoms with Gasteiger partial charge in [0.05, 0.1) is 0 Å². The summed E-state index contributed by atoms with van der Waals surface area (Å²) in [6.07, 6.45) is -0.450. The van der Waals surface area contributed by atoms with Crippen LogP contribution in [0.5, 0.6) is 0 Å². The van der Waals surface area contributed by atoms with Gasteiger partial charge in [-0.1, -0.05) is 18.2 Å². The first-order valence-electron chi connectivity index (χ1n) is 3.85. The quantitative estimate of drug-likeness (QED) is 0.673. The lowest BCUT2D eigenvalue weighted by molar-refractivity contribution is -0.115. The van der Waals surface area contributed by atoms with Crippen LogP contribution in [-0.2, 0) is 4.79 Å². The number of benzene rings is 1. The highest BCUT2D eigenvalue weighted by molar-refractivity contribution is 5.59. The number of rotatable bonds is 2. The molecule has 0 heterocycles. The van der Waals surface area contributed by atoms with E-state index in [0.29, 0.717) is 11.8 Å². The molecule has 1 aromatic carbocycles. The monoisotopic (exact) mass is 164 g/mol. The van der Waals surface area contributed by atoms with Gasteiger partial charge in [-0.2, -0.15) is 0 Å². The minimum Gasteiger partial charge on any atom is -0.381 e. The maximum atomic E-state index is 10.3. The second kappa shape index (κ2) is 3.50. The highest BCUT2D eigenvalue weighted by Gasteiger charge is 2.05. The normalized spacial score (nSPS) is 12.6. The standard InChI is InChI=1S/C10H12O2/c1-7-3-4-9(5-8(7)2)10(12)6-11/h3-6,10,12H,1-2H3. The molecule has 0 saturated carbocycles. The predicted molar refractivity (Wildman–Crippen MR) is 46.9 cm³/mol. The van der Waals surface area contributed by atoms with Crippen molar-refractivity contribution in [2.75, 3.05) is 0 Å². The molecule has 1 atom stereocenters. The Morgan fingerprint density at radius 2 is 2.00 bits per heavy atom. The van der Waals surface area contributed by atoms with Crippen LogP contribution in [0.2, 0.25) is 0 Å². The van der Waals surface area contributed by atoms with Crippen LogP contribution < -0.4 is 0 Å². The van der Waals surface area contributed by atoms with Crippen molar-refractivity contribution in [2.24, 2.45) is 0 Å². The smallest absolute Gasteiger partial charge is 0.153 e. The molecule has 0 aliphatic rings. The Morgan fingerprint density at radius 1 is 1.33 bits per heavy atom. The van der Waals surface area contributed by atoms with Gasteiger partial charge in [0.1, 0.15) is 6.10 Å². The van der Waals surface area contributed by atoms with Crippen molar-refractivity contribution in [1.82, 2.24) is 0 Å². The van der Waals surface area contributed by atoms with Crippen LogP contribution >= 0.6 is 0 Å². The van der Waals surface area contributed by atoms with E-state index < -0.39 is 6.10 Å². The number of aliphatic hydroxyl groups is 1. The van der Waals surface area contributed by atoms with Gasteiger partial charge < -0.3 is 9.90 Å². The Kier molecular flexibility index (Phi) is 2.61. The zero-order valence-corrected chi connectivity index (χ0v) is 7.24. The van der Waals surface area contributed by atoms with Crippen molar-refractivity contribution >= 4 is 6.29 Å². The molecule has 2 heteroatoms. The first-order chi connectivity index (χ1) is 5.65. The minimum absolute atomic E-state index is 0.532. The van der Waals surface area contributed by atoms with Crippen molar-refractivity contribution in [2.45, 2.75) is 20.0 Å². The van der Waals surface area contributed by atoms with Gasteiger partial charge in [0.2, 0.25) is 0 Å². The second-order valence-electron chi connectivity index (χ2n) is 2.92. The molecule has 0 fully saturated rings. The molecular formula is C10H12O2. The van der Waals surface area contributed by atoms with E-state index in [1.165, 1.54) is 0 Å². The molecule has 0 aromatic heterocycles. The van der Waals surface area contributed by atoms with Crippen LogP contribution in [0.25, 0.3) is 0 Å². The fourth-order valence-electron chi connectivity index (χ4n) is 1.03. The van der Waals surface area contributed by atoms with E-state index in [2.05, 4.69) is 0 Å². The first kappa shape index (κ1) is 8.94. The molecular weight excluding hydrogens is 152 g/mol. The van der Waals surface area contributed by atoms with Crippen molar-refractivity contribution in [3.63, 3.8) is 0 Å². The molecule has 0 bridgehead atoms. The van der Waals surface area contributed by atoms with Gasteiger partial charge in [-0.25, -0.2) is 0 Å². The van der Waals surface area contributed by atoms with Crippen LogP contribution in [0.15, 0.2) is 18.2 Å². The van der Waals surface area contributed by atoms with Gasteiger partial charge in [-0.15, -0.1) is 0 Å². The Hall–Kier alpha value is -1.15. The molecule has 1 N–H and O–H groups in total. The zero-order chi connectivity index (χ0) is 9.14. The number of carbonyl (C=O) groups is 1. The lowest BCUT2D eigenvalue weighted by atomic mass is 10.0. The average molecular weight is 164 g/mol. The fraction of sp³-hybridized carbons (Fsp3) is 0.300. The highest BCUT2D eigenvalue weighted by atomic mass is 16.3. The summed E-state index contributed by atoms with van der Waals surface area (Å²) in [5, 5.41) is 9.18. The van der Waals surface area contributed by atoms with Crippen LogP contribution in [0.4, 0.5) is 0 Å². The molecule has 0 saturated heterocycles. The van der Waals surface area contributed by atoms with Gasteiger partial charge in [0.15, 0.2) is 6.29 Å². The largest absolute Gasteiger partial charge is 0.381 e. The molecule has 12 heavy (non-hydrogen) atoms. The summed E-state index contributed by atoms with van der Waals surface area (Å²) in [4.78, 5) is 10.3. The number of hydrogen-bond acceptors (Lipinski definition) is 2. The number of aliphatic hydroxyl groups excluding tert-OH is 1. The molecule has 0 amide bonds. The summed E-state index contributed by atoms with van der Waals surface area (Å²) in [5.74, 6) is 0. The van der Waals surface area contributed by atoms with Crippen molar-refractivity contribution in [3.8, 4) is 0 Å². The maximum absolute atomic E-state index is 10.3. The fourth-order valence-corrected chi connectivity index (χ4v) is 1.03. The van der Waals surface area contributed by atoms with Gasteiger partial charge in [0, 0.05) is 0 Å². The van der Waals surface area contributed by atoms with Crippen LogP contribution in [0.1, 0.15) is 22.8 Å². The SMILES string of the molecule is Cc1ccc(C(O)C=O)cc1C. The highest BCUT2D eigenvalue weighted by Crippen LogP contribution is 2.14. The number of aldehydes is 1. The maximum Gasteiger partial charge on any atom is 0.153 e. The topological polar surface area (TPSA) is 37.3 Å². The van der Waals surface area contributed by atoms with Crippen molar-refractivity contribution in [3.05, 3.63) is 34.9 Å². The Morgan fingerprint density at radius 3 is 2.50 bits per heavy atom. The van der Waals surface area contributed by atoms with Gasteiger partial charge in [-0.05, 0) is 30.5 Å². The molecule has 1 unspecified atom stereocenters. The number of hydrogen-bond donors (Lipinski definition) is 1. The third-order valence-corrected chi connectivity index (χ3v) is 2.00. The summed E-state index contributed by atoms with van der Waals surface area (Å²) in [6.45, 7) is 3.95. The van der Waals surface area contributed by atoms with E-state index in [1.54, 1.807) is 6.07 Å². The van der Waals surface area contributed by atoms with E-state index in [1.807, 2.05) is 26.0 Å². The lowest BCUT2D eigenvalue weighted by Gasteiger charge is -2.05. The number of carbonyl (C=O) groups excluding carboxylic acids is 1. The van der Waals surface area contributed by atoms with E-state index in [9.17, 15) is 9.90 Å². The Balaban J connectivity index is 3.04.